The number of amides is 1. The molecular formula is C30H34FN7O2. The number of carbonyl (C=O) groups is 1. The summed E-state index contributed by atoms with van der Waals surface area (Å²) in [7, 11) is 0. The number of rotatable bonds is 5. The zero-order valence-electron chi connectivity index (χ0n) is 23.0. The minimum atomic E-state index is -0.492. The molecule has 0 radical (unpaired) electrons. The number of nitrogens with two attached hydrogens (primary N) is 1. The molecule has 40 heavy (non-hydrogen) atoms. The van der Waals surface area contributed by atoms with E-state index in [4.69, 9.17) is 15.5 Å². The molecular weight excluding hydrogens is 509 g/mol. The number of carbonyl (C=O) groups excluding carboxylic acids is 1. The molecule has 1 aromatic carbocycles. The smallest absolute Gasteiger partial charge is 0.410 e. The molecule has 4 aromatic rings. The van der Waals surface area contributed by atoms with Gasteiger partial charge in [-0.15, -0.1) is 0 Å². The van der Waals surface area contributed by atoms with Gasteiger partial charge in [0, 0.05) is 30.9 Å². The number of piperidine rings is 1. The van der Waals surface area contributed by atoms with Gasteiger partial charge in [0.2, 0.25) is 5.95 Å². The van der Waals surface area contributed by atoms with Crippen molar-refractivity contribution in [1.29, 1.82) is 0 Å². The fourth-order valence-electron chi connectivity index (χ4n) is 5.31. The van der Waals surface area contributed by atoms with E-state index in [2.05, 4.69) is 27.4 Å². The summed E-state index contributed by atoms with van der Waals surface area (Å²) in [5.41, 5.74) is 8.55. The highest BCUT2D eigenvalue weighted by Gasteiger charge is 2.34. The number of benzene rings is 1. The molecule has 1 aliphatic carbocycles. The zero-order valence-corrected chi connectivity index (χ0v) is 23.0. The minimum absolute atomic E-state index is 0.136. The van der Waals surface area contributed by atoms with Gasteiger partial charge in [-0.2, -0.15) is 4.98 Å². The number of nitrogen functional groups attached to an aromatic ring is 1. The van der Waals surface area contributed by atoms with E-state index < -0.39 is 5.60 Å². The van der Waals surface area contributed by atoms with Crippen molar-refractivity contribution < 1.29 is 13.9 Å². The molecule has 1 saturated heterocycles. The molecule has 3 N–H and O–H groups in total. The second-order valence-electron chi connectivity index (χ2n) is 11.6. The summed E-state index contributed by atoms with van der Waals surface area (Å²) in [5, 5.41) is 3.63. The first kappa shape index (κ1) is 26.0. The van der Waals surface area contributed by atoms with Gasteiger partial charge in [-0.05, 0) is 82.2 Å². The molecule has 0 atom stereocenters. The third kappa shape index (κ3) is 5.30. The molecule has 1 saturated carbocycles. The SMILES string of the molecule is CC(C)(C)OC(=O)N1CCC(c2ccc(Nc3ncc4c(F)c(C5CC5)n(-c5cccc(N)n5)c4n3)cc2)CC1. The van der Waals surface area contributed by atoms with Gasteiger partial charge < -0.3 is 20.7 Å². The van der Waals surface area contributed by atoms with E-state index in [0.717, 1.165) is 31.4 Å². The Morgan fingerprint density at radius 1 is 1.02 bits per heavy atom. The normalized spacial score (nSPS) is 16.4. The Bertz CT molecular complexity index is 1550. The fourth-order valence-corrected chi connectivity index (χ4v) is 5.31. The lowest BCUT2D eigenvalue weighted by atomic mass is 9.89. The van der Waals surface area contributed by atoms with Gasteiger partial charge in [0.1, 0.15) is 17.2 Å². The standard InChI is InChI=1S/C30H34FN7O2/c1-30(2,3)40-29(39)37-15-13-19(14-16-37)18-9-11-21(12-10-18)34-28-33-17-22-25(31)26(20-7-8-20)38(27(22)36-28)24-6-4-5-23(32)35-24/h4-6,9-12,17,19-20H,7-8,13-16H2,1-3H3,(H2,32,35)(H,33,34,36). The molecule has 4 heterocycles. The van der Waals surface area contributed by atoms with Crippen LogP contribution in [0.1, 0.15) is 69.5 Å². The average Bonchev–Trinajstić information content (AvgIpc) is 3.72. The number of hydrogen-bond donors (Lipinski definition) is 2. The molecule has 1 aliphatic heterocycles. The number of ether oxygens (including phenoxy) is 1. The van der Waals surface area contributed by atoms with Crippen molar-refractivity contribution in [2.75, 3.05) is 24.1 Å². The van der Waals surface area contributed by atoms with E-state index in [1.54, 1.807) is 21.6 Å². The summed E-state index contributed by atoms with van der Waals surface area (Å²) in [5.74, 6) is 1.49. The molecule has 1 amide bonds. The lowest BCUT2D eigenvalue weighted by molar-refractivity contribution is 0.0205. The Labute approximate surface area is 232 Å². The van der Waals surface area contributed by atoms with Crippen molar-refractivity contribution in [2.45, 2.75) is 63.9 Å². The van der Waals surface area contributed by atoms with Crippen LogP contribution >= 0.6 is 0 Å². The van der Waals surface area contributed by atoms with Crippen LogP contribution in [-0.2, 0) is 4.74 Å². The van der Waals surface area contributed by atoms with Gasteiger partial charge in [0.25, 0.3) is 0 Å². The number of halogens is 1. The van der Waals surface area contributed by atoms with Crippen molar-refractivity contribution in [1.82, 2.24) is 24.4 Å². The summed E-state index contributed by atoms with van der Waals surface area (Å²) < 4.78 is 22.8. The number of aromatic nitrogens is 4. The zero-order chi connectivity index (χ0) is 28.0. The Morgan fingerprint density at radius 2 is 1.75 bits per heavy atom. The number of nitrogens with zero attached hydrogens (tertiary/aromatic N) is 5. The second kappa shape index (κ2) is 10.1. The first-order valence-electron chi connectivity index (χ1n) is 13.8. The molecule has 208 valence electrons. The highest BCUT2D eigenvalue weighted by Crippen LogP contribution is 2.45. The Balaban J connectivity index is 1.19. The number of pyridine rings is 1. The molecule has 6 rings (SSSR count). The summed E-state index contributed by atoms with van der Waals surface area (Å²) in [6.07, 6.45) is 4.91. The summed E-state index contributed by atoms with van der Waals surface area (Å²) in [4.78, 5) is 27.7. The van der Waals surface area contributed by atoms with Crippen LogP contribution in [0.15, 0.2) is 48.7 Å². The van der Waals surface area contributed by atoms with Crippen LogP contribution < -0.4 is 11.1 Å². The number of anilines is 3. The molecule has 0 unspecified atom stereocenters. The summed E-state index contributed by atoms with van der Waals surface area (Å²) >= 11 is 0. The maximum absolute atomic E-state index is 15.5. The second-order valence-corrected chi connectivity index (χ2v) is 11.6. The quantitative estimate of drug-likeness (QED) is 0.305. The van der Waals surface area contributed by atoms with Crippen molar-refractivity contribution in [3.05, 3.63) is 65.7 Å². The summed E-state index contributed by atoms with van der Waals surface area (Å²) in [6.45, 7) is 7.00. The third-order valence-corrected chi connectivity index (χ3v) is 7.42. The molecule has 0 bridgehead atoms. The van der Waals surface area contributed by atoms with Gasteiger partial charge in [-0.25, -0.2) is 19.2 Å². The van der Waals surface area contributed by atoms with Crippen LogP contribution in [-0.4, -0.2) is 49.2 Å². The van der Waals surface area contributed by atoms with Crippen molar-refractivity contribution in [3.8, 4) is 5.82 Å². The van der Waals surface area contributed by atoms with Crippen LogP contribution in [0.4, 0.5) is 26.6 Å². The van der Waals surface area contributed by atoms with E-state index in [1.807, 2.05) is 39.0 Å². The van der Waals surface area contributed by atoms with Crippen LogP contribution in [0.5, 0.6) is 0 Å². The summed E-state index contributed by atoms with van der Waals surface area (Å²) in [6, 6.07) is 13.5. The first-order valence-corrected chi connectivity index (χ1v) is 13.8. The van der Waals surface area contributed by atoms with E-state index >= 15 is 4.39 Å². The van der Waals surface area contributed by atoms with Gasteiger partial charge in [0.15, 0.2) is 11.5 Å². The average molecular weight is 544 g/mol. The number of likely N-dealkylation sites (tertiary alicyclic amines) is 1. The van der Waals surface area contributed by atoms with Crippen LogP contribution in [0.25, 0.3) is 16.9 Å². The minimum Gasteiger partial charge on any atom is -0.444 e. The molecule has 2 fully saturated rings. The predicted molar refractivity (Wildman–Crippen MR) is 153 cm³/mol. The highest BCUT2D eigenvalue weighted by atomic mass is 19.1. The number of hydrogen-bond acceptors (Lipinski definition) is 7. The maximum atomic E-state index is 15.5. The van der Waals surface area contributed by atoms with E-state index in [9.17, 15) is 4.79 Å². The van der Waals surface area contributed by atoms with Gasteiger partial charge in [-0.3, -0.25) is 4.57 Å². The van der Waals surface area contributed by atoms with Crippen LogP contribution in [0.2, 0.25) is 0 Å². The molecule has 10 heteroatoms. The third-order valence-electron chi connectivity index (χ3n) is 7.42. The van der Waals surface area contributed by atoms with Gasteiger partial charge in [-0.1, -0.05) is 18.2 Å². The number of fused-ring (bicyclic) bond motifs is 1. The Morgan fingerprint density at radius 3 is 2.40 bits per heavy atom. The highest BCUT2D eigenvalue weighted by molar-refractivity contribution is 5.81. The first-order chi connectivity index (χ1) is 19.2. The fraction of sp³-hybridized carbons (Fsp3) is 0.400. The van der Waals surface area contributed by atoms with Crippen LogP contribution in [0.3, 0.4) is 0 Å². The molecule has 2 aliphatic rings. The molecule has 3 aromatic heterocycles. The topological polar surface area (TPSA) is 111 Å². The Hall–Kier alpha value is -4.21. The largest absolute Gasteiger partial charge is 0.444 e. The lowest BCUT2D eigenvalue weighted by Gasteiger charge is -2.33. The van der Waals surface area contributed by atoms with Crippen molar-refractivity contribution in [3.63, 3.8) is 0 Å². The predicted octanol–water partition coefficient (Wildman–Crippen LogP) is 6.27. The maximum Gasteiger partial charge on any atom is 0.410 e. The van der Waals surface area contributed by atoms with Crippen molar-refractivity contribution >= 4 is 34.6 Å². The van der Waals surface area contributed by atoms with E-state index in [-0.39, 0.29) is 17.8 Å². The van der Waals surface area contributed by atoms with Gasteiger partial charge >= 0.3 is 6.09 Å². The number of nitrogens with one attached hydrogen (secondary N) is 1. The monoisotopic (exact) mass is 543 g/mol. The van der Waals surface area contributed by atoms with Crippen LogP contribution in [0, 0.1) is 5.82 Å². The molecule has 0 spiro atoms. The molecule has 9 nitrogen and oxygen atoms in total. The van der Waals surface area contributed by atoms with E-state index in [1.165, 1.54) is 11.8 Å². The van der Waals surface area contributed by atoms with Gasteiger partial charge in [0.05, 0.1) is 11.1 Å². The Kier molecular flexibility index (Phi) is 6.56. The van der Waals surface area contributed by atoms with E-state index in [0.29, 0.717) is 53.3 Å². The lowest BCUT2D eigenvalue weighted by Crippen LogP contribution is -2.41. The van der Waals surface area contributed by atoms with Crippen molar-refractivity contribution in [2.24, 2.45) is 0 Å².